The first-order valence-corrected chi connectivity index (χ1v) is 7.72. The van der Waals surface area contributed by atoms with Crippen molar-refractivity contribution in [3.63, 3.8) is 0 Å². The van der Waals surface area contributed by atoms with Crippen LogP contribution < -0.4 is 4.74 Å². The standard InChI is InChI=1S/C18H18O7/c19-13-14(20)16(17(22)23)25-18(15(13)21)24-12-8-4-7-11(9-12)10-5-2-1-3-6-10/h1-9,13-16,18-21H,(H,22,23)/t13-,14-,15+,16-,18+/m0/s1. The molecular formula is C18H18O7. The second kappa shape index (κ2) is 7.20. The largest absolute Gasteiger partial charge is 0.479 e. The molecule has 1 aliphatic heterocycles. The molecule has 1 fully saturated rings. The van der Waals surface area contributed by atoms with E-state index in [0.29, 0.717) is 5.75 Å². The molecule has 0 spiro atoms. The Labute approximate surface area is 143 Å². The first-order valence-electron chi connectivity index (χ1n) is 7.72. The van der Waals surface area contributed by atoms with Crippen molar-refractivity contribution < 1.29 is 34.7 Å². The molecule has 0 unspecified atom stereocenters. The molecule has 0 saturated carbocycles. The van der Waals surface area contributed by atoms with Gasteiger partial charge in [0.15, 0.2) is 6.10 Å². The lowest BCUT2D eigenvalue weighted by Gasteiger charge is -2.38. The number of carboxylic acids is 1. The number of hydrogen-bond acceptors (Lipinski definition) is 6. The first-order chi connectivity index (χ1) is 12.0. The van der Waals surface area contributed by atoms with Gasteiger partial charge in [-0.1, -0.05) is 42.5 Å². The minimum atomic E-state index is -1.75. The molecule has 1 saturated heterocycles. The Balaban J connectivity index is 1.80. The monoisotopic (exact) mass is 346 g/mol. The smallest absolute Gasteiger partial charge is 0.335 e. The highest BCUT2D eigenvalue weighted by Gasteiger charge is 2.48. The molecule has 0 aromatic heterocycles. The van der Waals surface area contributed by atoms with Gasteiger partial charge < -0.3 is 29.9 Å². The van der Waals surface area contributed by atoms with Gasteiger partial charge in [-0.25, -0.2) is 4.79 Å². The van der Waals surface area contributed by atoms with Crippen molar-refractivity contribution in [2.45, 2.75) is 30.7 Å². The van der Waals surface area contributed by atoms with E-state index in [0.717, 1.165) is 11.1 Å². The third kappa shape index (κ3) is 3.64. The summed E-state index contributed by atoms with van der Waals surface area (Å²) in [6, 6.07) is 16.5. The first kappa shape index (κ1) is 17.4. The van der Waals surface area contributed by atoms with Crippen LogP contribution in [0.4, 0.5) is 0 Å². The third-order valence-corrected chi connectivity index (χ3v) is 4.01. The van der Waals surface area contributed by atoms with Crippen molar-refractivity contribution in [3.05, 3.63) is 54.6 Å². The van der Waals surface area contributed by atoms with Crippen LogP contribution in [0.3, 0.4) is 0 Å². The Morgan fingerprint density at radius 3 is 2.24 bits per heavy atom. The number of ether oxygens (including phenoxy) is 2. The number of carboxylic acid groups (broad SMARTS) is 1. The van der Waals surface area contributed by atoms with E-state index >= 15 is 0 Å². The van der Waals surface area contributed by atoms with E-state index in [1.807, 2.05) is 36.4 Å². The second-order valence-corrected chi connectivity index (χ2v) is 5.75. The summed E-state index contributed by atoms with van der Waals surface area (Å²) in [5, 5.41) is 38.6. The number of rotatable bonds is 4. The summed E-state index contributed by atoms with van der Waals surface area (Å²) in [6.07, 6.45) is -8.16. The number of carbonyl (C=O) groups is 1. The van der Waals surface area contributed by atoms with Gasteiger partial charge in [-0.15, -0.1) is 0 Å². The number of aliphatic carboxylic acids is 1. The molecule has 7 heteroatoms. The van der Waals surface area contributed by atoms with Crippen molar-refractivity contribution >= 4 is 5.97 Å². The molecule has 25 heavy (non-hydrogen) atoms. The molecule has 0 bridgehead atoms. The Kier molecular flexibility index (Phi) is 5.00. The molecule has 0 amide bonds. The fourth-order valence-corrected chi connectivity index (χ4v) is 2.66. The Morgan fingerprint density at radius 1 is 0.880 bits per heavy atom. The van der Waals surface area contributed by atoms with Crippen molar-refractivity contribution in [2.24, 2.45) is 0 Å². The van der Waals surface area contributed by atoms with Crippen LogP contribution in [0.1, 0.15) is 0 Å². The average Bonchev–Trinajstić information content (AvgIpc) is 2.63. The Bertz CT molecular complexity index is 733. The van der Waals surface area contributed by atoms with Crippen LogP contribution in [-0.4, -0.2) is 57.1 Å². The molecule has 0 aliphatic carbocycles. The lowest BCUT2D eigenvalue weighted by Crippen LogP contribution is -2.61. The maximum atomic E-state index is 11.1. The lowest BCUT2D eigenvalue weighted by atomic mass is 9.99. The van der Waals surface area contributed by atoms with Crippen molar-refractivity contribution in [2.75, 3.05) is 0 Å². The predicted molar refractivity (Wildman–Crippen MR) is 86.8 cm³/mol. The van der Waals surface area contributed by atoms with Gasteiger partial charge in [0.2, 0.25) is 6.29 Å². The highest BCUT2D eigenvalue weighted by atomic mass is 16.7. The Hall–Kier alpha value is -2.45. The zero-order chi connectivity index (χ0) is 18.0. The van der Waals surface area contributed by atoms with E-state index in [9.17, 15) is 20.1 Å². The molecule has 2 aromatic carbocycles. The van der Waals surface area contributed by atoms with Gasteiger partial charge >= 0.3 is 5.97 Å². The summed E-state index contributed by atoms with van der Waals surface area (Å²) < 4.78 is 10.6. The summed E-state index contributed by atoms with van der Waals surface area (Å²) in [7, 11) is 0. The van der Waals surface area contributed by atoms with Crippen LogP contribution in [0.5, 0.6) is 5.75 Å². The average molecular weight is 346 g/mol. The van der Waals surface area contributed by atoms with Crippen LogP contribution >= 0.6 is 0 Å². The summed E-state index contributed by atoms with van der Waals surface area (Å²) >= 11 is 0. The minimum Gasteiger partial charge on any atom is -0.479 e. The summed E-state index contributed by atoms with van der Waals surface area (Å²) in [6.45, 7) is 0. The molecule has 132 valence electrons. The molecule has 1 aliphatic rings. The van der Waals surface area contributed by atoms with Crippen LogP contribution in [-0.2, 0) is 9.53 Å². The molecule has 2 aromatic rings. The van der Waals surface area contributed by atoms with Gasteiger partial charge in [-0.2, -0.15) is 0 Å². The maximum Gasteiger partial charge on any atom is 0.335 e. The molecule has 3 rings (SSSR count). The SMILES string of the molecule is O=C(O)[C@H]1O[C@@H](Oc2cccc(-c3ccccc3)c2)[C@H](O)[C@@H](O)[C@@H]1O. The van der Waals surface area contributed by atoms with Gasteiger partial charge in [-0.3, -0.25) is 0 Å². The molecule has 5 atom stereocenters. The van der Waals surface area contributed by atoms with Crippen LogP contribution in [0.25, 0.3) is 11.1 Å². The minimum absolute atomic E-state index is 0.332. The van der Waals surface area contributed by atoms with E-state index in [1.54, 1.807) is 18.2 Å². The van der Waals surface area contributed by atoms with Gasteiger partial charge in [0.05, 0.1) is 0 Å². The third-order valence-electron chi connectivity index (χ3n) is 4.01. The summed E-state index contributed by atoms with van der Waals surface area (Å²) in [4.78, 5) is 11.1. The topological polar surface area (TPSA) is 116 Å². The van der Waals surface area contributed by atoms with E-state index < -0.39 is 36.7 Å². The van der Waals surface area contributed by atoms with Crippen molar-refractivity contribution in [1.82, 2.24) is 0 Å². The van der Waals surface area contributed by atoms with Crippen molar-refractivity contribution in [1.29, 1.82) is 0 Å². The van der Waals surface area contributed by atoms with Gasteiger partial charge in [0.1, 0.15) is 24.1 Å². The van der Waals surface area contributed by atoms with Crippen LogP contribution in [0.15, 0.2) is 54.6 Å². The highest BCUT2D eigenvalue weighted by molar-refractivity contribution is 5.73. The van der Waals surface area contributed by atoms with Gasteiger partial charge in [-0.05, 0) is 23.3 Å². The summed E-state index contributed by atoms with van der Waals surface area (Å²) in [5.41, 5.74) is 1.82. The molecule has 0 radical (unpaired) electrons. The highest BCUT2D eigenvalue weighted by Crippen LogP contribution is 2.28. The molecule has 4 N–H and O–H groups in total. The molecular weight excluding hydrogens is 328 g/mol. The van der Waals surface area contributed by atoms with E-state index in [1.165, 1.54) is 0 Å². The normalized spacial score (nSPS) is 29.2. The lowest BCUT2D eigenvalue weighted by molar-refractivity contribution is -0.271. The van der Waals surface area contributed by atoms with Gasteiger partial charge in [0.25, 0.3) is 0 Å². The number of benzene rings is 2. The fourth-order valence-electron chi connectivity index (χ4n) is 2.66. The second-order valence-electron chi connectivity index (χ2n) is 5.75. The van der Waals surface area contributed by atoms with E-state index in [2.05, 4.69) is 0 Å². The Morgan fingerprint density at radius 2 is 1.56 bits per heavy atom. The molecule has 7 nitrogen and oxygen atoms in total. The van der Waals surface area contributed by atoms with E-state index in [4.69, 9.17) is 14.6 Å². The zero-order valence-electron chi connectivity index (χ0n) is 13.1. The zero-order valence-corrected chi connectivity index (χ0v) is 13.1. The quantitative estimate of drug-likeness (QED) is 0.641. The maximum absolute atomic E-state index is 11.1. The number of aliphatic hydroxyl groups excluding tert-OH is 3. The fraction of sp³-hybridized carbons (Fsp3) is 0.278. The van der Waals surface area contributed by atoms with E-state index in [-0.39, 0.29) is 0 Å². The van der Waals surface area contributed by atoms with Gasteiger partial charge in [0, 0.05) is 0 Å². The van der Waals surface area contributed by atoms with Crippen LogP contribution in [0, 0.1) is 0 Å². The van der Waals surface area contributed by atoms with Crippen molar-refractivity contribution in [3.8, 4) is 16.9 Å². The number of hydrogen-bond donors (Lipinski definition) is 4. The van der Waals surface area contributed by atoms with Crippen LogP contribution in [0.2, 0.25) is 0 Å². The predicted octanol–water partition coefficient (Wildman–Crippen LogP) is 0.625. The summed E-state index contributed by atoms with van der Waals surface area (Å²) in [5.74, 6) is -1.12. The molecule has 1 heterocycles. The number of aliphatic hydroxyl groups is 3.